The molecule has 2 aliphatic rings. The minimum Gasteiger partial charge on any atom is -0.428 e. The highest BCUT2D eigenvalue weighted by Gasteiger charge is 2.64. The van der Waals surface area contributed by atoms with E-state index in [1.807, 2.05) is 0 Å². The van der Waals surface area contributed by atoms with E-state index in [0.717, 1.165) is 0 Å². The fourth-order valence-corrected chi connectivity index (χ4v) is 2.52. The third-order valence-electron chi connectivity index (χ3n) is 3.48. The van der Waals surface area contributed by atoms with Crippen LogP contribution < -0.4 is 0 Å². The third-order valence-corrected chi connectivity index (χ3v) is 3.48. The van der Waals surface area contributed by atoms with E-state index in [4.69, 9.17) is 4.74 Å². The monoisotopic (exact) mass is 250 g/mol. The van der Waals surface area contributed by atoms with Gasteiger partial charge in [-0.1, -0.05) is 24.8 Å². The van der Waals surface area contributed by atoms with Crippen LogP contribution in [-0.2, 0) is 14.3 Å². The molecule has 1 spiro atoms. The summed E-state index contributed by atoms with van der Waals surface area (Å²) in [5.41, 5.74) is -1.71. The van der Waals surface area contributed by atoms with Crippen LogP contribution >= 0.6 is 0 Å². The summed E-state index contributed by atoms with van der Waals surface area (Å²) in [6.45, 7) is 5.17. The molecule has 4 unspecified atom stereocenters. The Balaban J connectivity index is 2.62. The first-order valence-electron chi connectivity index (χ1n) is 5.58. The van der Waals surface area contributed by atoms with Crippen LogP contribution in [0.15, 0.2) is 36.6 Å². The van der Waals surface area contributed by atoms with Crippen molar-refractivity contribution in [2.45, 2.75) is 19.1 Å². The fraction of sp³-hybridized carbons (Fsp3) is 0.385. The number of allylic oxidation sites excluding steroid dienone is 3. The maximum atomic E-state index is 12.0. The van der Waals surface area contributed by atoms with Gasteiger partial charge in [0.1, 0.15) is 23.4 Å². The van der Waals surface area contributed by atoms with Crippen molar-refractivity contribution in [3.05, 3.63) is 36.6 Å². The first-order chi connectivity index (χ1) is 8.46. The van der Waals surface area contributed by atoms with E-state index in [2.05, 4.69) is 6.58 Å². The molecule has 5 nitrogen and oxygen atoms in total. The van der Waals surface area contributed by atoms with Crippen molar-refractivity contribution in [2.24, 2.45) is 11.3 Å². The third kappa shape index (κ3) is 1.41. The highest BCUT2D eigenvalue weighted by Crippen LogP contribution is 2.48. The molecule has 1 saturated heterocycles. The van der Waals surface area contributed by atoms with Gasteiger partial charge in [0.25, 0.3) is 0 Å². The molecule has 1 aliphatic heterocycles. The lowest BCUT2D eigenvalue weighted by molar-refractivity contribution is -0.162. The van der Waals surface area contributed by atoms with E-state index in [0.29, 0.717) is 0 Å². The minimum atomic E-state index is -1.71. The van der Waals surface area contributed by atoms with E-state index >= 15 is 0 Å². The fourth-order valence-electron chi connectivity index (χ4n) is 2.52. The molecule has 2 rings (SSSR count). The Kier molecular flexibility index (Phi) is 2.96. The Bertz CT molecular complexity index is 476. The minimum absolute atomic E-state index is 0.142. The van der Waals surface area contributed by atoms with Gasteiger partial charge in [-0.2, -0.15) is 0 Å². The molecular weight excluding hydrogens is 236 g/mol. The average molecular weight is 250 g/mol. The molecule has 0 aromatic heterocycles. The first kappa shape index (κ1) is 12.7. The number of carbonyl (C=O) groups excluding carboxylic acids is 2. The summed E-state index contributed by atoms with van der Waals surface area (Å²) >= 11 is 0. The van der Waals surface area contributed by atoms with Crippen LogP contribution in [0.5, 0.6) is 0 Å². The van der Waals surface area contributed by atoms with E-state index < -0.39 is 35.3 Å². The number of aliphatic hydroxyl groups is 2. The molecule has 1 fully saturated rings. The number of esters is 1. The van der Waals surface area contributed by atoms with Crippen molar-refractivity contribution in [3.63, 3.8) is 0 Å². The predicted octanol–water partition coefficient (Wildman–Crippen LogP) is 0.0963. The van der Waals surface area contributed by atoms with Crippen molar-refractivity contribution in [2.75, 3.05) is 0 Å². The molecule has 0 aromatic rings. The Hall–Kier alpha value is -1.72. The summed E-state index contributed by atoms with van der Waals surface area (Å²) in [5.74, 6) is -2.21. The zero-order chi connectivity index (χ0) is 13.5. The molecule has 1 aliphatic carbocycles. The second-order valence-corrected chi connectivity index (χ2v) is 4.41. The Morgan fingerprint density at radius 3 is 2.56 bits per heavy atom. The van der Waals surface area contributed by atoms with Crippen molar-refractivity contribution in [3.8, 4) is 0 Å². The maximum absolute atomic E-state index is 12.0. The van der Waals surface area contributed by atoms with Gasteiger partial charge in [0.15, 0.2) is 5.78 Å². The molecule has 18 heavy (non-hydrogen) atoms. The first-order valence-corrected chi connectivity index (χ1v) is 5.58. The number of ketones is 1. The average Bonchev–Trinajstić information content (AvgIpc) is 2.54. The van der Waals surface area contributed by atoms with Crippen LogP contribution in [0.4, 0.5) is 0 Å². The highest BCUT2D eigenvalue weighted by atomic mass is 16.6. The van der Waals surface area contributed by atoms with Gasteiger partial charge in [0.2, 0.25) is 0 Å². The lowest BCUT2D eigenvalue weighted by Gasteiger charge is -2.38. The molecule has 0 saturated carbocycles. The van der Waals surface area contributed by atoms with Gasteiger partial charge >= 0.3 is 5.97 Å². The number of cyclic esters (lactones) is 1. The highest BCUT2D eigenvalue weighted by molar-refractivity contribution is 6.01. The topological polar surface area (TPSA) is 83.8 Å². The second kappa shape index (κ2) is 4.19. The lowest BCUT2D eigenvalue weighted by Crippen LogP contribution is -2.56. The summed E-state index contributed by atoms with van der Waals surface area (Å²) in [6, 6.07) is 0. The van der Waals surface area contributed by atoms with Crippen LogP contribution in [0, 0.1) is 11.3 Å². The van der Waals surface area contributed by atoms with Crippen molar-refractivity contribution >= 4 is 11.8 Å². The molecule has 5 heteroatoms. The van der Waals surface area contributed by atoms with Crippen LogP contribution in [0.25, 0.3) is 0 Å². The quantitative estimate of drug-likeness (QED) is 0.509. The molecule has 2 N–H and O–H groups in total. The zero-order valence-electron chi connectivity index (χ0n) is 9.87. The Morgan fingerprint density at radius 2 is 2.06 bits per heavy atom. The summed E-state index contributed by atoms with van der Waals surface area (Å²) < 4.78 is 4.80. The SMILES string of the molecule is C=C1OC(=O)C2(C(/C=C\C)C=CC(=O)C2O)C1O. The van der Waals surface area contributed by atoms with Crippen LogP contribution in [0.1, 0.15) is 6.92 Å². The normalized spacial score (nSPS) is 39.9. The summed E-state index contributed by atoms with van der Waals surface area (Å²) in [5, 5.41) is 20.2. The maximum Gasteiger partial charge on any atom is 0.324 e. The van der Waals surface area contributed by atoms with E-state index in [1.54, 1.807) is 19.1 Å². The molecular formula is C13H14O5. The van der Waals surface area contributed by atoms with Gasteiger partial charge in [-0.15, -0.1) is 0 Å². The van der Waals surface area contributed by atoms with Crippen LogP contribution in [0.2, 0.25) is 0 Å². The number of carbonyl (C=O) groups is 2. The molecule has 0 aromatic carbocycles. The summed E-state index contributed by atoms with van der Waals surface area (Å²) in [7, 11) is 0. The van der Waals surface area contributed by atoms with E-state index in [1.165, 1.54) is 12.2 Å². The van der Waals surface area contributed by atoms with Gasteiger partial charge in [0, 0.05) is 5.92 Å². The molecule has 0 radical (unpaired) electrons. The van der Waals surface area contributed by atoms with Crippen LogP contribution in [-0.4, -0.2) is 34.2 Å². The predicted molar refractivity (Wildman–Crippen MR) is 62.1 cm³/mol. The van der Waals surface area contributed by atoms with Crippen molar-refractivity contribution in [1.29, 1.82) is 0 Å². The van der Waals surface area contributed by atoms with Gasteiger partial charge < -0.3 is 14.9 Å². The molecule has 4 atom stereocenters. The Morgan fingerprint density at radius 1 is 1.39 bits per heavy atom. The van der Waals surface area contributed by atoms with Crippen molar-refractivity contribution in [1.82, 2.24) is 0 Å². The lowest BCUT2D eigenvalue weighted by atomic mass is 9.64. The zero-order valence-corrected chi connectivity index (χ0v) is 9.87. The number of rotatable bonds is 1. The summed E-state index contributed by atoms with van der Waals surface area (Å²) in [4.78, 5) is 23.6. The smallest absolute Gasteiger partial charge is 0.324 e. The molecule has 0 amide bonds. The summed E-state index contributed by atoms with van der Waals surface area (Å²) in [6.07, 6.45) is 2.97. The van der Waals surface area contributed by atoms with Gasteiger partial charge in [-0.25, -0.2) is 0 Å². The molecule has 1 heterocycles. The standard InChI is InChI=1S/C13H14O5/c1-3-4-8-5-6-9(14)11(16)13(8)10(15)7(2)18-12(13)17/h3-6,8,10-11,15-16H,2H2,1H3/b4-3-. The van der Waals surface area contributed by atoms with Crippen molar-refractivity contribution < 1.29 is 24.5 Å². The number of hydrogen-bond acceptors (Lipinski definition) is 5. The number of aliphatic hydroxyl groups excluding tert-OH is 2. The molecule has 0 bridgehead atoms. The Labute approximate surface area is 104 Å². The van der Waals surface area contributed by atoms with Crippen LogP contribution in [0.3, 0.4) is 0 Å². The largest absolute Gasteiger partial charge is 0.428 e. The van der Waals surface area contributed by atoms with Gasteiger partial charge in [0.05, 0.1) is 0 Å². The van der Waals surface area contributed by atoms with Gasteiger partial charge in [-0.3, -0.25) is 9.59 Å². The second-order valence-electron chi connectivity index (χ2n) is 4.41. The van der Waals surface area contributed by atoms with E-state index in [9.17, 15) is 19.8 Å². The molecule has 96 valence electrons. The van der Waals surface area contributed by atoms with Gasteiger partial charge in [-0.05, 0) is 13.0 Å². The number of hydrogen-bond donors (Lipinski definition) is 2. The number of ether oxygens (including phenoxy) is 1. The van der Waals surface area contributed by atoms with E-state index in [-0.39, 0.29) is 5.76 Å².